The Labute approximate surface area is 200 Å². The molecule has 180 valence electrons. The van der Waals surface area contributed by atoms with Gasteiger partial charge in [-0.05, 0) is 54.8 Å². The van der Waals surface area contributed by atoms with Crippen molar-refractivity contribution >= 4 is 21.6 Å². The van der Waals surface area contributed by atoms with E-state index in [2.05, 4.69) is 6.92 Å². The summed E-state index contributed by atoms with van der Waals surface area (Å²) < 4.78 is 44.2. The Hall–Kier alpha value is -3.52. The first kappa shape index (κ1) is 25.1. The fourth-order valence-electron chi connectivity index (χ4n) is 3.56. The zero-order chi connectivity index (χ0) is 24.7. The van der Waals surface area contributed by atoms with Gasteiger partial charge in [0.1, 0.15) is 0 Å². The lowest BCUT2D eigenvalue weighted by atomic mass is 10.1. The van der Waals surface area contributed by atoms with Crippen molar-refractivity contribution < 1.29 is 27.4 Å². The van der Waals surface area contributed by atoms with Crippen molar-refractivity contribution in [1.29, 1.82) is 0 Å². The number of carbonyl (C=O) groups is 1. The van der Waals surface area contributed by atoms with E-state index in [0.29, 0.717) is 5.75 Å². The van der Waals surface area contributed by atoms with Gasteiger partial charge in [0.05, 0.1) is 31.9 Å². The summed E-state index contributed by atoms with van der Waals surface area (Å²) >= 11 is 0. The normalized spacial score (nSPS) is 11.1. The van der Waals surface area contributed by atoms with Crippen LogP contribution in [0.5, 0.6) is 17.2 Å². The van der Waals surface area contributed by atoms with Crippen molar-refractivity contribution in [2.45, 2.75) is 31.1 Å². The number of benzene rings is 3. The molecule has 0 heterocycles. The number of ether oxygens (including phenoxy) is 3. The summed E-state index contributed by atoms with van der Waals surface area (Å²) in [4.78, 5) is 13.8. The van der Waals surface area contributed by atoms with Crippen LogP contribution in [0.3, 0.4) is 0 Å². The largest absolute Gasteiger partial charge is 0.493 e. The zero-order valence-corrected chi connectivity index (χ0v) is 20.6. The van der Waals surface area contributed by atoms with Crippen LogP contribution < -0.4 is 18.5 Å². The monoisotopic (exact) mass is 483 g/mol. The molecule has 0 unspecified atom stereocenters. The Morgan fingerprint density at radius 3 is 1.94 bits per heavy atom. The van der Waals surface area contributed by atoms with Gasteiger partial charge in [0.15, 0.2) is 11.5 Å². The fourth-order valence-corrected chi connectivity index (χ4v) is 5.00. The molecule has 0 radical (unpaired) electrons. The molecule has 0 aliphatic carbocycles. The van der Waals surface area contributed by atoms with Crippen molar-refractivity contribution in [3.63, 3.8) is 0 Å². The van der Waals surface area contributed by atoms with Crippen LogP contribution in [-0.4, -0.2) is 35.7 Å². The topological polar surface area (TPSA) is 82.1 Å². The quantitative estimate of drug-likeness (QED) is 0.399. The molecule has 0 aliphatic rings. The number of methoxy groups -OCH3 is 3. The molecule has 7 nitrogen and oxygen atoms in total. The highest BCUT2D eigenvalue weighted by molar-refractivity contribution is 7.93. The van der Waals surface area contributed by atoms with E-state index < -0.39 is 15.9 Å². The first-order valence-electron chi connectivity index (χ1n) is 10.9. The van der Waals surface area contributed by atoms with Gasteiger partial charge in [-0.25, -0.2) is 8.42 Å². The average Bonchev–Trinajstić information content (AvgIpc) is 2.87. The number of anilines is 1. The average molecular weight is 484 g/mol. The van der Waals surface area contributed by atoms with Crippen molar-refractivity contribution in [3.05, 3.63) is 77.9 Å². The summed E-state index contributed by atoms with van der Waals surface area (Å²) in [6.07, 6.45) is 2.95. The Morgan fingerprint density at radius 1 is 0.853 bits per heavy atom. The molecule has 0 atom stereocenters. The van der Waals surface area contributed by atoms with E-state index in [-0.39, 0.29) is 27.6 Å². The molecule has 3 aromatic carbocycles. The van der Waals surface area contributed by atoms with Crippen LogP contribution in [0.4, 0.5) is 5.69 Å². The first-order chi connectivity index (χ1) is 16.4. The summed E-state index contributed by atoms with van der Waals surface area (Å²) in [5, 5.41) is 0. The molecule has 0 aromatic heterocycles. The van der Waals surface area contributed by atoms with Gasteiger partial charge in [0.2, 0.25) is 5.75 Å². The highest BCUT2D eigenvalue weighted by Crippen LogP contribution is 2.39. The van der Waals surface area contributed by atoms with E-state index in [9.17, 15) is 13.2 Å². The number of amides is 1. The molecule has 3 aromatic rings. The first-order valence-corrected chi connectivity index (χ1v) is 12.3. The minimum absolute atomic E-state index is 0.00542. The highest BCUT2D eigenvalue weighted by Gasteiger charge is 2.33. The van der Waals surface area contributed by atoms with E-state index in [1.54, 1.807) is 30.3 Å². The Bertz CT molecular complexity index is 1200. The molecule has 0 bridgehead atoms. The maximum absolute atomic E-state index is 13.8. The molecule has 0 N–H and O–H groups in total. The van der Waals surface area contributed by atoms with E-state index >= 15 is 0 Å². The van der Waals surface area contributed by atoms with Gasteiger partial charge >= 0.3 is 0 Å². The third-order valence-electron chi connectivity index (χ3n) is 5.37. The number of hydrogen-bond donors (Lipinski definition) is 0. The summed E-state index contributed by atoms with van der Waals surface area (Å²) in [7, 11) is 0.0965. The lowest BCUT2D eigenvalue weighted by Crippen LogP contribution is -2.37. The van der Waals surface area contributed by atoms with Gasteiger partial charge in [-0.15, -0.1) is 0 Å². The smallest absolute Gasteiger partial charge is 0.272 e. The highest BCUT2D eigenvalue weighted by atomic mass is 32.2. The predicted molar refractivity (Wildman–Crippen MR) is 132 cm³/mol. The van der Waals surface area contributed by atoms with Crippen LogP contribution in [0.15, 0.2) is 71.6 Å². The molecule has 0 saturated heterocycles. The van der Waals surface area contributed by atoms with Crippen LogP contribution in [0.25, 0.3) is 0 Å². The zero-order valence-electron chi connectivity index (χ0n) is 19.8. The molecule has 8 heteroatoms. The Morgan fingerprint density at radius 2 is 1.44 bits per heavy atom. The van der Waals surface area contributed by atoms with E-state index in [4.69, 9.17) is 14.2 Å². The molecular formula is C26H29NO6S. The van der Waals surface area contributed by atoms with Gasteiger partial charge < -0.3 is 14.2 Å². The van der Waals surface area contributed by atoms with Gasteiger partial charge in [-0.2, -0.15) is 4.31 Å². The van der Waals surface area contributed by atoms with E-state index in [0.717, 1.165) is 29.1 Å². The number of hydrogen-bond acceptors (Lipinski definition) is 6. The van der Waals surface area contributed by atoms with Crippen LogP contribution >= 0.6 is 0 Å². The van der Waals surface area contributed by atoms with Crippen LogP contribution in [0.1, 0.15) is 35.7 Å². The third-order valence-corrected chi connectivity index (χ3v) is 7.09. The van der Waals surface area contributed by atoms with Gasteiger partial charge in [0.25, 0.3) is 15.9 Å². The standard InChI is InChI=1S/C26H29NO6S/c1-5-6-10-19-13-15-21(16-14-19)27(34(29,30)22-11-8-7-9-12-22)26(28)20-17-23(31-2)25(33-4)24(18-20)32-3/h7-9,11-18H,5-6,10H2,1-4H3. The van der Waals surface area contributed by atoms with Crippen LogP contribution in [-0.2, 0) is 16.4 Å². The number of aryl methyl sites for hydroxylation is 1. The summed E-state index contributed by atoms with van der Waals surface area (Å²) in [6.45, 7) is 2.11. The summed E-state index contributed by atoms with van der Waals surface area (Å²) in [5.41, 5.74) is 1.38. The second kappa shape index (κ2) is 11.1. The maximum Gasteiger partial charge on any atom is 0.272 e. The maximum atomic E-state index is 13.8. The van der Waals surface area contributed by atoms with Crippen molar-refractivity contribution in [2.75, 3.05) is 25.6 Å². The third kappa shape index (κ3) is 5.17. The second-order valence-corrected chi connectivity index (χ2v) is 9.36. The van der Waals surface area contributed by atoms with Crippen molar-refractivity contribution in [3.8, 4) is 17.2 Å². The van der Waals surface area contributed by atoms with Crippen LogP contribution in [0.2, 0.25) is 0 Å². The van der Waals surface area contributed by atoms with E-state index in [1.807, 2.05) is 12.1 Å². The predicted octanol–water partition coefficient (Wildman–Crippen LogP) is 5.09. The molecule has 0 spiro atoms. The van der Waals surface area contributed by atoms with Gasteiger partial charge in [0, 0.05) is 5.56 Å². The Kier molecular flexibility index (Phi) is 8.17. The van der Waals surface area contributed by atoms with E-state index in [1.165, 1.54) is 45.6 Å². The van der Waals surface area contributed by atoms with Crippen molar-refractivity contribution in [1.82, 2.24) is 0 Å². The fraction of sp³-hybridized carbons (Fsp3) is 0.269. The lowest BCUT2D eigenvalue weighted by molar-refractivity contribution is 0.100. The molecule has 3 rings (SSSR count). The van der Waals surface area contributed by atoms with Gasteiger partial charge in [-0.1, -0.05) is 43.7 Å². The molecule has 34 heavy (non-hydrogen) atoms. The van der Waals surface area contributed by atoms with Crippen LogP contribution in [0, 0.1) is 0 Å². The molecule has 0 fully saturated rings. The second-order valence-electron chi connectivity index (χ2n) is 7.57. The number of unbranched alkanes of at least 4 members (excludes halogenated alkanes) is 1. The molecule has 0 saturated carbocycles. The lowest BCUT2D eigenvalue weighted by Gasteiger charge is -2.24. The molecular weight excluding hydrogens is 454 g/mol. The molecule has 1 amide bonds. The minimum atomic E-state index is -4.22. The number of rotatable bonds is 10. The number of nitrogens with zero attached hydrogens (tertiary/aromatic N) is 1. The van der Waals surface area contributed by atoms with Crippen molar-refractivity contribution in [2.24, 2.45) is 0 Å². The minimum Gasteiger partial charge on any atom is -0.493 e. The molecule has 0 aliphatic heterocycles. The number of sulfonamides is 1. The summed E-state index contributed by atoms with van der Waals surface area (Å²) in [5.74, 6) is 0.0538. The Balaban J connectivity index is 2.15. The van der Waals surface area contributed by atoms with Gasteiger partial charge in [-0.3, -0.25) is 4.79 Å². The summed E-state index contributed by atoms with van der Waals surface area (Å²) in [6, 6.07) is 17.7. The SMILES string of the molecule is CCCCc1ccc(N(C(=O)c2cc(OC)c(OC)c(OC)c2)S(=O)(=O)c2ccccc2)cc1. The number of carbonyl (C=O) groups excluding carboxylic acids is 1.